The molecule has 6 heteroatoms. The first kappa shape index (κ1) is 74.6. The number of hydrogen-bond donors (Lipinski definition) is 3. The van der Waals surface area contributed by atoms with E-state index in [2.05, 4.69) is 31.3 Å². The molecule has 0 aromatic rings. The van der Waals surface area contributed by atoms with Gasteiger partial charge in [-0.2, -0.15) is 0 Å². The highest BCUT2D eigenvalue weighted by Gasteiger charge is 2.20. The predicted octanol–water partition coefficient (Wildman–Crippen LogP) is 22.4. The van der Waals surface area contributed by atoms with E-state index < -0.39 is 12.1 Å². The van der Waals surface area contributed by atoms with Gasteiger partial charge in [0.25, 0.3) is 0 Å². The molecule has 2 unspecified atom stereocenters. The molecule has 0 aromatic carbocycles. The normalized spacial score (nSPS) is 12.5. The van der Waals surface area contributed by atoms with Crippen molar-refractivity contribution in [2.24, 2.45) is 0 Å². The first-order valence-corrected chi connectivity index (χ1v) is 34.9. The number of nitrogens with one attached hydrogen (secondary N) is 1. The molecule has 0 spiro atoms. The summed E-state index contributed by atoms with van der Waals surface area (Å²) in [7, 11) is 0. The number of ether oxygens (including phenoxy) is 1. The van der Waals surface area contributed by atoms with Crippen molar-refractivity contribution in [1.82, 2.24) is 5.32 Å². The van der Waals surface area contributed by atoms with Crippen LogP contribution in [-0.2, 0) is 14.3 Å². The second-order valence-electron chi connectivity index (χ2n) is 24.2. The predicted molar refractivity (Wildman–Crippen MR) is 333 cm³/mol. The van der Waals surface area contributed by atoms with E-state index in [1.165, 1.54) is 321 Å². The highest BCUT2D eigenvalue weighted by atomic mass is 16.5. The second-order valence-corrected chi connectivity index (χ2v) is 24.2. The standard InChI is InChI=1S/C70H137NO5/c1-3-5-7-9-11-13-15-17-19-20-21-22-23-25-28-31-35-38-42-46-50-54-58-62-68(73)67(66-72)71-69(74)63-59-55-51-47-43-39-36-32-29-26-24-27-30-33-37-41-45-49-53-57-61-65-76-70(75)64-60-56-52-48-44-40-34-18-16-14-12-10-8-6-4-2/h18,34,67-68,72-73H,3-17,19-33,35-66H2,1-2H3,(H,71,74)/b34-18-. The highest BCUT2D eigenvalue weighted by Crippen LogP contribution is 2.19. The van der Waals surface area contributed by atoms with Gasteiger partial charge in [-0.05, 0) is 51.4 Å². The number of hydrogen-bond acceptors (Lipinski definition) is 5. The quantitative estimate of drug-likeness (QED) is 0.0320. The van der Waals surface area contributed by atoms with Crippen molar-refractivity contribution in [3.8, 4) is 0 Å². The van der Waals surface area contributed by atoms with Gasteiger partial charge in [-0.3, -0.25) is 9.59 Å². The van der Waals surface area contributed by atoms with E-state index in [0.717, 1.165) is 44.9 Å². The number of rotatable bonds is 66. The van der Waals surface area contributed by atoms with Crippen LogP contribution in [0.4, 0.5) is 0 Å². The molecular weight excluding hydrogens is 935 g/mol. The van der Waals surface area contributed by atoms with Crippen LogP contribution in [0.1, 0.15) is 399 Å². The van der Waals surface area contributed by atoms with Gasteiger partial charge in [-0.25, -0.2) is 0 Å². The molecule has 0 heterocycles. The van der Waals surface area contributed by atoms with Gasteiger partial charge in [0.2, 0.25) is 5.91 Å². The molecule has 2 atom stereocenters. The minimum absolute atomic E-state index is 0.00540. The lowest BCUT2D eigenvalue weighted by Gasteiger charge is -2.22. The highest BCUT2D eigenvalue weighted by molar-refractivity contribution is 5.76. The van der Waals surface area contributed by atoms with Crippen LogP contribution >= 0.6 is 0 Å². The third-order valence-corrected chi connectivity index (χ3v) is 16.6. The number of carbonyl (C=O) groups excluding carboxylic acids is 2. The molecule has 3 N–H and O–H groups in total. The summed E-state index contributed by atoms with van der Waals surface area (Å²) in [6.07, 6.45) is 81.0. The third-order valence-electron chi connectivity index (χ3n) is 16.6. The molecule has 76 heavy (non-hydrogen) atoms. The number of aliphatic hydroxyl groups is 2. The van der Waals surface area contributed by atoms with Gasteiger partial charge in [0.05, 0.1) is 25.4 Å². The fourth-order valence-corrected chi connectivity index (χ4v) is 11.2. The Morgan fingerprint density at radius 1 is 0.355 bits per heavy atom. The molecule has 0 aliphatic carbocycles. The zero-order valence-corrected chi connectivity index (χ0v) is 51.8. The van der Waals surface area contributed by atoms with Crippen LogP contribution in [0.15, 0.2) is 12.2 Å². The van der Waals surface area contributed by atoms with Crippen LogP contribution < -0.4 is 5.32 Å². The Labute approximate surface area is 476 Å². The van der Waals surface area contributed by atoms with Gasteiger partial charge in [0, 0.05) is 12.8 Å². The summed E-state index contributed by atoms with van der Waals surface area (Å²) in [4.78, 5) is 24.6. The van der Waals surface area contributed by atoms with E-state index in [-0.39, 0.29) is 18.5 Å². The minimum atomic E-state index is -0.666. The summed E-state index contributed by atoms with van der Waals surface area (Å²) in [5, 5.41) is 23.4. The SMILES string of the molecule is CCCCCCCC/C=C\CCCCCCCC(=O)OCCCCCCCCCCCCCCCCCCCCCCCC(=O)NC(CO)C(O)CCCCCCCCCCCCCCCCCCCCCCCCC. The molecule has 0 saturated heterocycles. The Morgan fingerprint density at radius 3 is 0.934 bits per heavy atom. The maximum absolute atomic E-state index is 12.6. The van der Waals surface area contributed by atoms with Crippen molar-refractivity contribution in [3.63, 3.8) is 0 Å². The van der Waals surface area contributed by atoms with E-state index in [1.807, 2.05) is 0 Å². The van der Waals surface area contributed by atoms with E-state index in [4.69, 9.17) is 4.74 Å². The largest absolute Gasteiger partial charge is 0.466 e. The Morgan fingerprint density at radius 2 is 0.618 bits per heavy atom. The maximum Gasteiger partial charge on any atom is 0.305 e. The number of carbonyl (C=O) groups is 2. The summed E-state index contributed by atoms with van der Waals surface area (Å²) in [5.41, 5.74) is 0. The summed E-state index contributed by atoms with van der Waals surface area (Å²) < 4.78 is 5.49. The van der Waals surface area contributed by atoms with Crippen LogP contribution in [0.3, 0.4) is 0 Å². The maximum atomic E-state index is 12.6. The fraction of sp³-hybridized carbons (Fsp3) is 0.943. The van der Waals surface area contributed by atoms with E-state index in [9.17, 15) is 19.8 Å². The molecule has 452 valence electrons. The summed E-state index contributed by atoms with van der Waals surface area (Å²) in [6.45, 7) is 4.98. The molecule has 0 aromatic heterocycles. The average molecular weight is 1070 g/mol. The van der Waals surface area contributed by atoms with Crippen LogP contribution in [0.2, 0.25) is 0 Å². The smallest absolute Gasteiger partial charge is 0.305 e. The minimum Gasteiger partial charge on any atom is -0.466 e. The van der Waals surface area contributed by atoms with Crippen molar-refractivity contribution in [2.45, 2.75) is 411 Å². The van der Waals surface area contributed by atoms with Crippen LogP contribution in [0.25, 0.3) is 0 Å². The Balaban J connectivity index is 3.38. The molecular formula is C70H137NO5. The van der Waals surface area contributed by atoms with Crippen molar-refractivity contribution in [1.29, 1.82) is 0 Å². The number of esters is 1. The third kappa shape index (κ3) is 61.8. The van der Waals surface area contributed by atoms with E-state index in [0.29, 0.717) is 25.9 Å². The molecule has 0 radical (unpaired) electrons. The number of allylic oxidation sites excluding steroid dienone is 2. The second kappa shape index (κ2) is 66.1. The molecule has 0 bridgehead atoms. The Hall–Kier alpha value is -1.40. The lowest BCUT2D eigenvalue weighted by molar-refractivity contribution is -0.143. The van der Waals surface area contributed by atoms with Gasteiger partial charge in [-0.1, -0.05) is 347 Å². The van der Waals surface area contributed by atoms with Crippen LogP contribution in [0.5, 0.6) is 0 Å². The number of amides is 1. The lowest BCUT2D eigenvalue weighted by Crippen LogP contribution is -2.45. The summed E-state index contributed by atoms with van der Waals surface area (Å²) in [6, 6.07) is -0.543. The van der Waals surface area contributed by atoms with Gasteiger partial charge in [-0.15, -0.1) is 0 Å². The fourth-order valence-electron chi connectivity index (χ4n) is 11.2. The molecule has 0 fully saturated rings. The molecule has 6 nitrogen and oxygen atoms in total. The summed E-state index contributed by atoms with van der Waals surface area (Å²) >= 11 is 0. The first-order chi connectivity index (χ1) is 37.5. The molecule has 0 rings (SSSR count). The molecule has 0 aliphatic heterocycles. The zero-order chi connectivity index (χ0) is 55.0. The van der Waals surface area contributed by atoms with E-state index >= 15 is 0 Å². The van der Waals surface area contributed by atoms with Crippen molar-refractivity contribution in [3.05, 3.63) is 12.2 Å². The molecule has 0 aliphatic rings. The van der Waals surface area contributed by atoms with Crippen molar-refractivity contribution < 1.29 is 24.5 Å². The molecule has 0 saturated carbocycles. The van der Waals surface area contributed by atoms with Crippen molar-refractivity contribution >= 4 is 11.9 Å². The van der Waals surface area contributed by atoms with E-state index in [1.54, 1.807) is 0 Å². The summed E-state index contributed by atoms with van der Waals surface area (Å²) in [5.74, 6) is -0.0255. The van der Waals surface area contributed by atoms with Crippen molar-refractivity contribution in [2.75, 3.05) is 13.2 Å². The van der Waals surface area contributed by atoms with Gasteiger partial charge >= 0.3 is 5.97 Å². The number of unbranched alkanes of at least 4 members (excludes halogenated alkanes) is 53. The van der Waals surface area contributed by atoms with Gasteiger partial charge in [0.15, 0.2) is 0 Å². The number of aliphatic hydroxyl groups excluding tert-OH is 2. The van der Waals surface area contributed by atoms with Crippen LogP contribution in [-0.4, -0.2) is 47.4 Å². The molecule has 1 amide bonds. The van der Waals surface area contributed by atoms with Gasteiger partial charge in [0.1, 0.15) is 0 Å². The monoisotopic (exact) mass is 1070 g/mol. The topological polar surface area (TPSA) is 95.9 Å². The average Bonchev–Trinajstić information content (AvgIpc) is 3.42. The zero-order valence-electron chi connectivity index (χ0n) is 51.8. The Bertz CT molecular complexity index is 1140. The van der Waals surface area contributed by atoms with Gasteiger partial charge < -0.3 is 20.3 Å². The van der Waals surface area contributed by atoms with Crippen LogP contribution in [0, 0.1) is 0 Å². The first-order valence-electron chi connectivity index (χ1n) is 34.9. The lowest BCUT2D eigenvalue weighted by atomic mass is 10.0. The Kier molecular flexibility index (Phi) is 64.9.